The van der Waals surface area contributed by atoms with Gasteiger partial charge in [0, 0.05) is 87.8 Å². The number of rotatable bonds is 14. The summed E-state index contributed by atoms with van der Waals surface area (Å²) in [6.07, 6.45) is 0. The number of para-hydroxylation sites is 5. The van der Waals surface area contributed by atoms with E-state index in [2.05, 4.69) is 379 Å². The first-order valence-electron chi connectivity index (χ1n) is 39.7. The molecular formula is C108H66N8O2. The Labute approximate surface area is 677 Å². The minimum absolute atomic E-state index is 0.539. The van der Waals surface area contributed by atoms with Crippen LogP contribution in [0.2, 0.25) is 0 Å². The van der Waals surface area contributed by atoms with E-state index in [4.69, 9.17) is 38.7 Å². The molecule has 0 bridgehead atoms. The highest BCUT2D eigenvalue weighted by Gasteiger charge is 2.22. The van der Waals surface area contributed by atoms with E-state index >= 15 is 0 Å². The Morgan fingerprint density at radius 1 is 0.153 bits per heavy atom. The fourth-order valence-electron chi connectivity index (χ4n) is 17.3. The van der Waals surface area contributed by atoms with Gasteiger partial charge in [0.15, 0.2) is 34.9 Å². The van der Waals surface area contributed by atoms with E-state index < -0.39 is 0 Å². The maximum Gasteiger partial charge on any atom is 0.164 e. The summed E-state index contributed by atoms with van der Waals surface area (Å²) in [5.74, 6) is 3.35. The highest BCUT2D eigenvalue weighted by molar-refractivity contribution is 6.12. The van der Waals surface area contributed by atoms with Gasteiger partial charge < -0.3 is 18.0 Å². The van der Waals surface area contributed by atoms with Crippen molar-refractivity contribution in [1.82, 2.24) is 39.0 Å². The lowest BCUT2D eigenvalue weighted by Gasteiger charge is -2.12. The largest absolute Gasteiger partial charge is 0.456 e. The summed E-state index contributed by atoms with van der Waals surface area (Å²) < 4.78 is 17.9. The van der Waals surface area contributed by atoms with E-state index in [0.29, 0.717) is 34.9 Å². The van der Waals surface area contributed by atoms with Crippen molar-refractivity contribution in [3.05, 3.63) is 400 Å². The molecule has 0 amide bonds. The van der Waals surface area contributed by atoms with Crippen LogP contribution in [0, 0.1) is 0 Å². The van der Waals surface area contributed by atoms with Gasteiger partial charge in [-0.1, -0.05) is 297 Å². The van der Waals surface area contributed by atoms with Gasteiger partial charge in [0.05, 0.1) is 22.1 Å². The van der Waals surface area contributed by atoms with Crippen LogP contribution in [0.25, 0.3) is 234 Å². The minimum Gasteiger partial charge on any atom is -0.456 e. The smallest absolute Gasteiger partial charge is 0.164 e. The highest BCUT2D eigenvalue weighted by Crippen LogP contribution is 2.43. The van der Waals surface area contributed by atoms with Crippen molar-refractivity contribution in [2.45, 2.75) is 0 Å². The maximum absolute atomic E-state index is 6.77. The summed E-state index contributed by atoms with van der Waals surface area (Å²) in [5.41, 5.74) is 28.1. The van der Waals surface area contributed by atoms with Crippen molar-refractivity contribution in [3.8, 4) is 146 Å². The van der Waals surface area contributed by atoms with Crippen LogP contribution in [0.4, 0.5) is 0 Å². The van der Waals surface area contributed by atoms with Gasteiger partial charge in [-0.05, 0) is 170 Å². The molecule has 23 aromatic rings. The molecule has 0 aliphatic rings. The average molecular weight is 1510 g/mol. The maximum atomic E-state index is 6.77. The molecule has 550 valence electrons. The summed E-state index contributed by atoms with van der Waals surface area (Å²) in [6, 6.07) is 141. The number of furan rings is 2. The Bertz CT molecular complexity index is 7830. The monoisotopic (exact) mass is 1510 g/mol. The molecule has 0 unspecified atom stereocenters. The number of hydrogen-bond acceptors (Lipinski definition) is 8. The van der Waals surface area contributed by atoms with Crippen molar-refractivity contribution in [2.75, 3.05) is 0 Å². The molecule has 118 heavy (non-hydrogen) atoms. The van der Waals surface area contributed by atoms with Crippen LogP contribution >= 0.6 is 0 Å². The number of aromatic nitrogens is 8. The highest BCUT2D eigenvalue weighted by atomic mass is 16.3. The van der Waals surface area contributed by atoms with Crippen LogP contribution in [0.5, 0.6) is 0 Å². The first-order chi connectivity index (χ1) is 58.4. The van der Waals surface area contributed by atoms with Crippen LogP contribution in [0.3, 0.4) is 0 Å². The van der Waals surface area contributed by atoms with Crippen molar-refractivity contribution in [1.29, 1.82) is 0 Å². The second-order valence-electron chi connectivity index (χ2n) is 30.1. The van der Waals surface area contributed by atoms with Gasteiger partial charge in [0.25, 0.3) is 0 Å². The second kappa shape index (κ2) is 28.0. The van der Waals surface area contributed by atoms with Gasteiger partial charge in [0.1, 0.15) is 22.3 Å². The lowest BCUT2D eigenvalue weighted by atomic mass is 9.92. The third-order valence-corrected chi connectivity index (χ3v) is 23.1. The summed E-state index contributed by atoms with van der Waals surface area (Å²) >= 11 is 0. The summed E-state index contributed by atoms with van der Waals surface area (Å²) in [7, 11) is 0. The summed E-state index contributed by atoms with van der Waals surface area (Å²) in [4.78, 5) is 31.6. The molecule has 0 aliphatic heterocycles. The van der Waals surface area contributed by atoms with Crippen molar-refractivity contribution < 1.29 is 8.83 Å². The Morgan fingerprint density at radius 3 is 0.898 bits per heavy atom. The molecule has 0 saturated heterocycles. The molecule has 17 aromatic carbocycles. The van der Waals surface area contributed by atoms with Crippen LogP contribution in [0.15, 0.2) is 409 Å². The Morgan fingerprint density at radius 2 is 0.441 bits per heavy atom. The van der Waals surface area contributed by atoms with Gasteiger partial charge in [-0.15, -0.1) is 0 Å². The quantitative estimate of drug-likeness (QED) is 0.106. The molecule has 0 atom stereocenters. The summed E-state index contributed by atoms with van der Waals surface area (Å²) in [6.45, 7) is 0. The molecule has 0 radical (unpaired) electrons. The van der Waals surface area contributed by atoms with Gasteiger partial charge in [0.2, 0.25) is 0 Å². The predicted octanol–water partition coefficient (Wildman–Crippen LogP) is 28.1. The topological polar surface area (TPSA) is 113 Å². The van der Waals surface area contributed by atoms with E-state index in [1.54, 1.807) is 0 Å². The SMILES string of the molecule is c1ccc(-c2ccc(-c3nc(-c4cccc(-c5cccc(-n6c7ccccc7c7ccccc76)c5)c4)nc(-c4ccc5c(c4)oc4ccc(-c6ccccc6-c6ccc(-c7ccc(-c8nc(-c9cccc(-c%10cccc(-n%11c%12ccccc%12c%12ccccc%12%11)c%10)c9)nc(-c9ccc%10c(c9)oc9ccccc9%10)n8)cc7)cc6)cc45)n3)cc2)cc1. The fourth-order valence-corrected chi connectivity index (χ4v) is 17.3. The molecule has 0 N–H and O–H groups in total. The lowest BCUT2D eigenvalue weighted by molar-refractivity contribution is 0.668. The third-order valence-electron chi connectivity index (χ3n) is 23.1. The predicted molar refractivity (Wildman–Crippen MR) is 482 cm³/mol. The van der Waals surface area contributed by atoms with E-state index in [0.717, 1.165) is 177 Å². The zero-order valence-electron chi connectivity index (χ0n) is 63.5. The second-order valence-corrected chi connectivity index (χ2v) is 30.1. The zero-order chi connectivity index (χ0) is 77.7. The number of nitrogens with zero attached hydrogens (tertiary/aromatic N) is 8. The zero-order valence-corrected chi connectivity index (χ0v) is 63.5. The van der Waals surface area contributed by atoms with E-state index in [1.807, 2.05) is 30.3 Å². The lowest BCUT2D eigenvalue weighted by Crippen LogP contribution is -2.00. The van der Waals surface area contributed by atoms with Crippen molar-refractivity contribution in [2.24, 2.45) is 0 Å². The van der Waals surface area contributed by atoms with Crippen LogP contribution in [0.1, 0.15) is 0 Å². The Hall–Kier alpha value is -16.0. The van der Waals surface area contributed by atoms with Gasteiger partial charge >= 0.3 is 0 Å². The van der Waals surface area contributed by atoms with Crippen molar-refractivity contribution in [3.63, 3.8) is 0 Å². The Balaban J connectivity index is 0.545. The van der Waals surface area contributed by atoms with E-state index in [-0.39, 0.29) is 0 Å². The fraction of sp³-hybridized carbons (Fsp3) is 0. The van der Waals surface area contributed by atoms with Crippen molar-refractivity contribution >= 4 is 87.5 Å². The third kappa shape index (κ3) is 11.9. The molecule has 0 fully saturated rings. The normalized spacial score (nSPS) is 11.7. The van der Waals surface area contributed by atoms with Crippen LogP contribution in [-0.2, 0) is 0 Å². The molecule has 10 heteroatoms. The average Bonchev–Trinajstić information content (AvgIpc) is 1.62. The molecular weight excluding hydrogens is 1440 g/mol. The van der Waals surface area contributed by atoms with Gasteiger partial charge in [-0.25, -0.2) is 29.9 Å². The van der Waals surface area contributed by atoms with E-state index in [9.17, 15) is 0 Å². The molecule has 10 nitrogen and oxygen atoms in total. The summed E-state index contributed by atoms with van der Waals surface area (Å²) in [5, 5.41) is 9.00. The number of benzene rings is 17. The molecule has 6 aromatic heterocycles. The molecule has 23 rings (SSSR count). The first kappa shape index (κ1) is 67.6. The standard InChI is InChI=1S/C108H66N8O2/c1-2-20-67(21-3-1)68-44-50-72(51-45-68)103-109-106(80-27-17-23-75(61-80)77-25-19-29-84(63-77)116-97-39-13-8-34-89(97)90-35-9-14-40-98(90)116)114-108(112-103)82-55-58-93-94-64-78(56-59-100(94)118-102(93)66-82)86-31-5-4-30-85(86)71-48-42-69(43-49-71)70-46-52-73(53-47-70)104-110-105(113-107(111-104)81-54-57-92-91-36-10-15-41-99(91)117-101(92)65-81)79-26-16-22-74(60-79)76-24-18-28-83(62-76)115-95-37-11-6-32-87(95)88-33-7-12-38-96(88)115/h1-66H. The number of hydrogen-bond donors (Lipinski definition) is 0. The van der Waals surface area contributed by atoms with Crippen LogP contribution in [-0.4, -0.2) is 39.0 Å². The molecule has 0 aliphatic carbocycles. The number of fused-ring (bicyclic) bond motifs is 12. The molecule has 0 spiro atoms. The molecule has 0 saturated carbocycles. The minimum atomic E-state index is 0.539. The van der Waals surface area contributed by atoms with Gasteiger partial charge in [-0.3, -0.25) is 0 Å². The van der Waals surface area contributed by atoms with E-state index in [1.165, 1.54) is 21.5 Å². The molecule has 6 heterocycles. The first-order valence-corrected chi connectivity index (χ1v) is 39.7. The Kier molecular flexibility index (Phi) is 16.0. The van der Waals surface area contributed by atoms with Gasteiger partial charge in [-0.2, -0.15) is 0 Å². The van der Waals surface area contributed by atoms with Crippen LogP contribution < -0.4 is 0 Å².